The number of hydrogen-bond acceptors (Lipinski definition) is 5. The normalized spacial score (nSPS) is 17.9. The van der Waals surface area contributed by atoms with E-state index >= 15 is 0 Å². The van der Waals surface area contributed by atoms with Crippen molar-refractivity contribution in [3.63, 3.8) is 0 Å². The lowest BCUT2D eigenvalue weighted by molar-refractivity contribution is 0.243. The van der Waals surface area contributed by atoms with Crippen molar-refractivity contribution in [3.05, 3.63) is 48.4 Å². The van der Waals surface area contributed by atoms with Crippen LogP contribution in [0.15, 0.2) is 42.9 Å². The summed E-state index contributed by atoms with van der Waals surface area (Å²) in [6, 6.07) is 8.95. The summed E-state index contributed by atoms with van der Waals surface area (Å²) in [5.74, 6) is 0.860. The summed E-state index contributed by atoms with van der Waals surface area (Å²) in [5.41, 5.74) is 0.119. The number of fused-ring (bicyclic) bond motifs is 1. The van der Waals surface area contributed by atoms with E-state index < -0.39 is 15.5 Å². The molecule has 1 unspecified atom stereocenters. The van der Waals surface area contributed by atoms with Gasteiger partial charge in [0.2, 0.25) is 5.44 Å². The molecule has 0 spiro atoms. The molecule has 0 fully saturated rings. The van der Waals surface area contributed by atoms with Crippen LogP contribution in [0.25, 0.3) is 0 Å². The molecule has 20 heavy (non-hydrogen) atoms. The second-order valence-corrected chi connectivity index (χ2v) is 6.26. The molecule has 0 saturated carbocycles. The van der Waals surface area contributed by atoms with Gasteiger partial charge in [-0.05, 0) is 24.1 Å². The number of sulfonamides is 1. The van der Waals surface area contributed by atoms with Gasteiger partial charge in [0.25, 0.3) is 10.0 Å². The molecule has 1 N–H and O–H groups in total. The largest absolute Gasteiger partial charge is 0.472 e. The summed E-state index contributed by atoms with van der Waals surface area (Å²) in [6.07, 6.45) is 3.85. The molecule has 3 rings (SSSR count). The maximum Gasteiger partial charge on any atom is 0.272 e. The Morgan fingerprint density at radius 2 is 2.10 bits per heavy atom. The highest BCUT2D eigenvalue weighted by Gasteiger charge is 2.31. The second kappa shape index (κ2) is 5.09. The number of para-hydroxylation sites is 1. The molecule has 2 aromatic rings. The van der Waals surface area contributed by atoms with E-state index in [1.807, 2.05) is 18.2 Å². The van der Waals surface area contributed by atoms with Crippen molar-refractivity contribution in [1.29, 1.82) is 0 Å². The van der Waals surface area contributed by atoms with Crippen LogP contribution in [0.5, 0.6) is 5.75 Å². The predicted octanol–water partition coefficient (Wildman–Crippen LogP) is 1.57. The van der Waals surface area contributed by atoms with Gasteiger partial charge in [0, 0.05) is 12.6 Å². The quantitative estimate of drug-likeness (QED) is 0.928. The summed E-state index contributed by atoms with van der Waals surface area (Å²) in [7, 11) is -3.64. The van der Waals surface area contributed by atoms with Gasteiger partial charge in [0.15, 0.2) is 0 Å². The van der Waals surface area contributed by atoms with Gasteiger partial charge < -0.3 is 4.74 Å². The van der Waals surface area contributed by atoms with Crippen LogP contribution in [-0.2, 0) is 16.4 Å². The molecule has 1 aliphatic rings. The first-order valence-electron chi connectivity index (χ1n) is 6.17. The minimum absolute atomic E-state index is 0.238. The zero-order valence-electron chi connectivity index (χ0n) is 10.6. The lowest BCUT2D eigenvalue weighted by atomic mass is 10.1. The standard InChI is InChI=1S/C13H13N3O3S/c17-20(18,16-12-7-8-14-9-15-12)13-6-5-10-3-1-2-4-11(10)19-13/h1-4,7-9,13H,5-6H2,(H,14,15,16). The Morgan fingerprint density at radius 1 is 1.25 bits per heavy atom. The first-order valence-corrected chi connectivity index (χ1v) is 7.72. The average molecular weight is 291 g/mol. The Morgan fingerprint density at radius 3 is 2.90 bits per heavy atom. The number of rotatable bonds is 3. The zero-order valence-corrected chi connectivity index (χ0v) is 11.4. The molecular formula is C13H13N3O3S. The van der Waals surface area contributed by atoms with Crippen LogP contribution < -0.4 is 9.46 Å². The maximum atomic E-state index is 12.3. The number of hydrogen-bond donors (Lipinski definition) is 1. The van der Waals surface area contributed by atoms with Crippen LogP contribution in [-0.4, -0.2) is 23.8 Å². The van der Waals surface area contributed by atoms with E-state index in [1.165, 1.54) is 18.6 Å². The smallest absolute Gasteiger partial charge is 0.272 e. The number of aryl methyl sites for hydroxylation is 1. The lowest BCUT2D eigenvalue weighted by Gasteiger charge is -2.25. The van der Waals surface area contributed by atoms with Crippen LogP contribution >= 0.6 is 0 Å². The van der Waals surface area contributed by atoms with E-state index in [0.29, 0.717) is 18.6 Å². The van der Waals surface area contributed by atoms with E-state index in [-0.39, 0.29) is 5.82 Å². The molecule has 2 heterocycles. The zero-order chi connectivity index (χ0) is 14.0. The van der Waals surface area contributed by atoms with E-state index in [0.717, 1.165) is 5.56 Å². The second-order valence-electron chi connectivity index (χ2n) is 4.44. The van der Waals surface area contributed by atoms with Crippen molar-refractivity contribution >= 4 is 15.8 Å². The van der Waals surface area contributed by atoms with Gasteiger partial charge >= 0.3 is 0 Å². The third kappa shape index (κ3) is 2.57. The fourth-order valence-corrected chi connectivity index (χ4v) is 3.28. The molecule has 0 radical (unpaired) electrons. The summed E-state index contributed by atoms with van der Waals surface area (Å²) in [5, 5.41) is 0. The Balaban J connectivity index is 1.80. The highest BCUT2D eigenvalue weighted by atomic mass is 32.2. The van der Waals surface area contributed by atoms with E-state index in [4.69, 9.17) is 4.74 Å². The van der Waals surface area contributed by atoms with Crippen LogP contribution in [0.2, 0.25) is 0 Å². The lowest BCUT2D eigenvalue weighted by Crippen LogP contribution is -2.35. The van der Waals surface area contributed by atoms with Gasteiger partial charge in [-0.1, -0.05) is 18.2 Å². The van der Waals surface area contributed by atoms with Crippen molar-refractivity contribution in [2.24, 2.45) is 0 Å². The Labute approximate surface area is 116 Å². The van der Waals surface area contributed by atoms with Crippen LogP contribution in [0.4, 0.5) is 5.82 Å². The van der Waals surface area contributed by atoms with E-state index in [1.54, 1.807) is 6.07 Å². The number of nitrogens with one attached hydrogen (secondary N) is 1. The van der Waals surface area contributed by atoms with Gasteiger partial charge in [0.05, 0.1) is 0 Å². The summed E-state index contributed by atoms with van der Waals surface area (Å²) in [4.78, 5) is 7.59. The van der Waals surface area contributed by atoms with Gasteiger partial charge in [-0.3, -0.25) is 4.72 Å². The number of ether oxygens (including phenoxy) is 1. The van der Waals surface area contributed by atoms with E-state index in [9.17, 15) is 8.42 Å². The molecule has 1 atom stereocenters. The molecular weight excluding hydrogens is 278 g/mol. The van der Waals surface area contributed by atoms with Gasteiger partial charge in [-0.15, -0.1) is 0 Å². The highest BCUT2D eigenvalue weighted by Crippen LogP contribution is 2.29. The molecule has 0 bridgehead atoms. The predicted molar refractivity (Wildman–Crippen MR) is 73.8 cm³/mol. The SMILES string of the molecule is O=S(=O)(Nc1ccncn1)C1CCc2ccccc2O1. The number of aromatic nitrogens is 2. The Hall–Kier alpha value is -2.15. The number of nitrogens with zero attached hydrogens (tertiary/aromatic N) is 2. The van der Waals surface area contributed by atoms with Gasteiger partial charge in [-0.2, -0.15) is 0 Å². The van der Waals surface area contributed by atoms with Crippen molar-refractivity contribution < 1.29 is 13.2 Å². The minimum Gasteiger partial charge on any atom is -0.472 e. The molecule has 6 nitrogen and oxygen atoms in total. The maximum absolute atomic E-state index is 12.3. The Bertz CT molecular complexity index is 704. The molecule has 1 aliphatic heterocycles. The molecule has 0 aliphatic carbocycles. The molecule has 7 heteroatoms. The topological polar surface area (TPSA) is 81.2 Å². The van der Waals surface area contributed by atoms with Gasteiger partial charge in [0.1, 0.15) is 17.9 Å². The summed E-state index contributed by atoms with van der Waals surface area (Å²) in [6.45, 7) is 0. The van der Waals surface area contributed by atoms with Crippen LogP contribution in [0.3, 0.4) is 0 Å². The fourth-order valence-electron chi connectivity index (χ4n) is 2.08. The van der Waals surface area contributed by atoms with Crippen molar-refractivity contribution in [1.82, 2.24) is 9.97 Å². The molecule has 104 valence electrons. The first kappa shape index (κ1) is 12.9. The fraction of sp³-hybridized carbons (Fsp3) is 0.231. The monoisotopic (exact) mass is 291 g/mol. The molecule has 0 saturated heterocycles. The minimum atomic E-state index is -3.64. The summed E-state index contributed by atoms with van der Waals surface area (Å²) < 4.78 is 32.5. The van der Waals surface area contributed by atoms with Crippen molar-refractivity contribution in [2.75, 3.05) is 4.72 Å². The average Bonchev–Trinajstić information content (AvgIpc) is 2.47. The highest BCUT2D eigenvalue weighted by molar-refractivity contribution is 7.93. The third-order valence-corrected chi connectivity index (χ3v) is 4.57. The van der Waals surface area contributed by atoms with Gasteiger partial charge in [-0.25, -0.2) is 18.4 Å². The molecule has 1 aromatic carbocycles. The number of benzene rings is 1. The van der Waals surface area contributed by atoms with Crippen molar-refractivity contribution in [3.8, 4) is 5.75 Å². The van der Waals surface area contributed by atoms with Crippen LogP contribution in [0, 0.1) is 0 Å². The number of anilines is 1. The van der Waals surface area contributed by atoms with E-state index in [2.05, 4.69) is 14.7 Å². The third-order valence-electron chi connectivity index (χ3n) is 3.06. The van der Waals surface area contributed by atoms with Crippen molar-refractivity contribution in [2.45, 2.75) is 18.3 Å². The Kier molecular flexibility index (Phi) is 3.27. The molecule has 1 aromatic heterocycles. The summed E-state index contributed by atoms with van der Waals surface area (Å²) >= 11 is 0. The first-order chi connectivity index (χ1) is 9.65. The molecule has 0 amide bonds. The van der Waals surface area contributed by atoms with Crippen LogP contribution in [0.1, 0.15) is 12.0 Å².